The second-order valence-electron chi connectivity index (χ2n) is 7.09. The Morgan fingerprint density at radius 1 is 0.794 bits per heavy atom. The molecule has 3 aromatic rings. The van der Waals surface area contributed by atoms with Crippen LogP contribution in [0.1, 0.15) is 27.6 Å². The van der Waals surface area contributed by atoms with Crippen LogP contribution in [-0.2, 0) is 14.3 Å². The molecule has 0 bridgehead atoms. The van der Waals surface area contributed by atoms with Crippen LogP contribution in [0, 0.1) is 0 Å². The van der Waals surface area contributed by atoms with Crippen molar-refractivity contribution in [3.8, 4) is 5.75 Å². The van der Waals surface area contributed by atoms with E-state index in [1.54, 1.807) is 60.7 Å². The number of amides is 3. The van der Waals surface area contributed by atoms with Crippen LogP contribution in [-0.4, -0.2) is 37.4 Å². The number of methoxy groups -OCH3 is 1. The summed E-state index contributed by atoms with van der Waals surface area (Å²) in [6, 6.07) is 19.6. The molecule has 3 N–H and O–H groups in total. The number of hydrogen-bond donors (Lipinski definition) is 3. The Balaban J connectivity index is 1.65. The van der Waals surface area contributed by atoms with Gasteiger partial charge in [-0.3, -0.25) is 14.4 Å². The smallest absolute Gasteiger partial charge is 0.340 e. The first kappa shape index (κ1) is 24.0. The molecular formula is C25H23N3O6. The zero-order valence-electron chi connectivity index (χ0n) is 18.6. The summed E-state index contributed by atoms with van der Waals surface area (Å²) in [5.74, 6) is -1.68. The van der Waals surface area contributed by atoms with Crippen molar-refractivity contribution >= 4 is 40.8 Å². The Morgan fingerprint density at radius 3 is 2.21 bits per heavy atom. The average Bonchev–Trinajstić information content (AvgIpc) is 2.83. The third-order valence-electron chi connectivity index (χ3n) is 4.56. The van der Waals surface area contributed by atoms with Crippen LogP contribution in [0.5, 0.6) is 5.75 Å². The number of esters is 1. The van der Waals surface area contributed by atoms with Gasteiger partial charge >= 0.3 is 5.97 Å². The molecule has 0 aliphatic carbocycles. The summed E-state index contributed by atoms with van der Waals surface area (Å²) in [7, 11) is 1.43. The largest absolute Gasteiger partial charge is 0.495 e. The summed E-state index contributed by atoms with van der Waals surface area (Å²) >= 11 is 0. The summed E-state index contributed by atoms with van der Waals surface area (Å²) < 4.78 is 10.4. The molecule has 9 nitrogen and oxygen atoms in total. The van der Waals surface area contributed by atoms with Gasteiger partial charge in [0.25, 0.3) is 11.8 Å². The number of para-hydroxylation sites is 1. The fourth-order valence-corrected chi connectivity index (χ4v) is 3.04. The highest BCUT2D eigenvalue weighted by Gasteiger charge is 2.17. The van der Waals surface area contributed by atoms with E-state index in [0.29, 0.717) is 22.7 Å². The van der Waals surface area contributed by atoms with Gasteiger partial charge in [0, 0.05) is 18.2 Å². The van der Waals surface area contributed by atoms with E-state index in [1.165, 1.54) is 26.2 Å². The molecule has 0 aromatic heterocycles. The summed E-state index contributed by atoms with van der Waals surface area (Å²) in [4.78, 5) is 48.7. The van der Waals surface area contributed by atoms with Gasteiger partial charge in [-0.1, -0.05) is 30.3 Å². The molecule has 0 spiro atoms. The minimum atomic E-state index is -0.780. The fourth-order valence-electron chi connectivity index (χ4n) is 3.04. The van der Waals surface area contributed by atoms with Crippen molar-refractivity contribution in [2.75, 3.05) is 29.7 Å². The maximum absolute atomic E-state index is 12.6. The maximum Gasteiger partial charge on any atom is 0.340 e. The first-order valence-electron chi connectivity index (χ1n) is 10.3. The van der Waals surface area contributed by atoms with Crippen LogP contribution < -0.4 is 20.7 Å². The van der Waals surface area contributed by atoms with Crippen LogP contribution in [0.25, 0.3) is 0 Å². The number of benzene rings is 3. The highest BCUT2D eigenvalue weighted by atomic mass is 16.5. The van der Waals surface area contributed by atoms with Gasteiger partial charge in [-0.25, -0.2) is 4.79 Å². The molecule has 0 saturated carbocycles. The quantitative estimate of drug-likeness (QED) is 0.440. The molecule has 3 aromatic carbocycles. The van der Waals surface area contributed by atoms with Gasteiger partial charge in [-0.05, 0) is 42.5 Å². The Bertz CT molecular complexity index is 1210. The number of carbonyl (C=O) groups excluding carboxylic acids is 4. The molecule has 3 amide bonds. The van der Waals surface area contributed by atoms with E-state index < -0.39 is 18.5 Å². The maximum atomic E-state index is 12.6. The van der Waals surface area contributed by atoms with Gasteiger partial charge in [0.1, 0.15) is 5.75 Å². The van der Waals surface area contributed by atoms with Gasteiger partial charge < -0.3 is 25.4 Å². The number of nitrogens with one attached hydrogen (secondary N) is 3. The highest BCUT2D eigenvalue weighted by molar-refractivity contribution is 6.08. The van der Waals surface area contributed by atoms with Crippen molar-refractivity contribution in [2.24, 2.45) is 0 Å². The van der Waals surface area contributed by atoms with Crippen LogP contribution in [0.4, 0.5) is 17.1 Å². The van der Waals surface area contributed by atoms with Crippen molar-refractivity contribution < 1.29 is 28.7 Å². The molecule has 0 atom stereocenters. The second-order valence-corrected chi connectivity index (χ2v) is 7.09. The molecule has 0 aliphatic heterocycles. The third-order valence-corrected chi connectivity index (χ3v) is 4.56. The molecule has 34 heavy (non-hydrogen) atoms. The molecule has 0 heterocycles. The Hall–Kier alpha value is -4.66. The Labute approximate surface area is 196 Å². The second kappa shape index (κ2) is 11.3. The monoisotopic (exact) mass is 461 g/mol. The number of anilines is 3. The van der Waals surface area contributed by atoms with Crippen LogP contribution >= 0.6 is 0 Å². The summed E-state index contributed by atoms with van der Waals surface area (Å²) in [6.45, 7) is 0.787. The molecule has 0 fully saturated rings. The molecule has 3 rings (SSSR count). The fraction of sp³-hybridized carbons (Fsp3) is 0.120. The topological polar surface area (TPSA) is 123 Å². The SMILES string of the molecule is COc1ccc(NC(C)=O)cc1NC(=O)COC(=O)c1ccccc1NC(=O)c1ccccc1. The lowest BCUT2D eigenvalue weighted by molar-refractivity contribution is -0.119. The van der Waals surface area contributed by atoms with E-state index in [0.717, 1.165) is 0 Å². The van der Waals surface area contributed by atoms with Crippen molar-refractivity contribution in [1.82, 2.24) is 0 Å². The van der Waals surface area contributed by atoms with E-state index in [1.807, 2.05) is 0 Å². The lowest BCUT2D eigenvalue weighted by Gasteiger charge is -2.13. The summed E-state index contributed by atoms with van der Waals surface area (Å²) in [5.41, 5.74) is 1.55. The van der Waals surface area contributed by atoms with Crippen molar-refractivity contribution in [3.63, 3.8) is 0 Å². The van der Waals surface area contributed by atoms with Crippen LogP contribution in [0.15, 0.2) is 72.8 Å². The molecule has 0 unspecified atom stereocenters. The van der Waals surface area contributed by atoms with Gasteiger partial charge in [-0.2, -0.15) is 0 Å². The van der Waals surface area contributed by atoms with Crippen molar-refractivity contribution in [1.29, 1.82) is 0 Å². The number of rotatable bonds is 8. The zero-order valence-corrected chi connectivity index (χ0v) is 18.6. The van der Waals surface area contributed by atoms with Crippen molar-refractivity contribution in [3.05, 3.63) is 83.9 Å². The predicted octanol–water partition coefficient (Wildman–Crippen LogP) is 3.70. The molecule has 0 radical (unpaired) electrons. The first-order chi connectivity index (χ1) is 16.4. The van der Waals surface area contributed by atoms with Gasteiger partial charge in [0.05, 0.1) is 24.0 Å². The normalized spacial score (nSPS) is 10.1. The first-order valence-corrected chi connectivity index (χ1v) is 10.3. The minimum Gasteiger partial charge on any atom is -0.495 e. The average molecular weight is 461 g/mol. The van der Waals surface area contributed by atoms with E-state index >= 15 is 0 Å². The molecular weight excluding hydrogens is 438 g/mol. The summed E-state index contributed by atoms with van der Waals surface area (Å²) in [6.07, 6.45) is 0. The number of hydrogen-bond acceptors (Lipinski definition) is 6. The molecule has 174 valence electrons. The predicted molar refractivity (Wildman–Crippen MR) is 127 cm³/mol. The molecule has 0 saturated heterocycles. The Morgan fingerprint density at radius 2 is 1.50 bits per heavy atom. The van der Waals surface area contributed by atoms with E-state index in [4.69, 9.17) is 9.47 Å². The van der Waals surface area contributed by atoms with Crippen LogP contribution in [0.3, 0.4) is 0 Å². The third kappa shape index (κ3) is 6.42. The summed E-state index contributed by atoms with van der Waals surface area (Å²) in [5, 5.41) is 7.88. The van der Waals surface area contributed by atoms with E-state index in [2.05, 4.69) is 16.0 Å². The van der Waals surface area contributed by atoms with Gasteiger partial charge in [-0.15, -0.1) is 0 Å². The van der Waals surface area contributed by atoms with E-state index in [-0.39, 0.29) is 23.1 Å². The number of carbonyl (C=O) groups is 4. The molecule has 9 heteroatoms. The van der Waals surface area contributed by atoms with Gasteiger partial charge in [0.2, 0.25) is 5.91 Å². The van der Waals surface area contributed by atoms with Crippen molar-refractivity contribution in [2.45, 2.75) is 6.92 Å². The van der Waals surface area contributed by atoms with Gasteiger partial charge in [0.15, 0.2) is 6.61 Å². The lowest BCUT2D eigenvalue weighted by atomic mass is 10.1. The lowest BCUT2D eigenvalue weighted by Crippen LogP contribution is -2.22. The Kier molecular flexibility index (Phi) is 7.96. The number of ether oxygens (including phenoxy) is 2. The molecule has 0 aliphatic rings. The minimum absolute atomic E-state index is 0.102. The standard InChI is InChI=1S/C25H23N3O6/c1-16(29)26-18-12-13-22(33-2)21(14-18)27-23(30)15-34-25(32)19-10-6-7-11-20(19)28-24(31)17-8-4-3-5-9-17/h3-14H,15H2,1-2H3,(H,26,29)(H,27,30)(H,28,31). The van der Waals surface area contributed by atoms with Crippen LogP contribution in [0.2, 0.25) is 0 Å². The zero-order chi connectivity index (χ0) is 24.5. The highest BCUT2D eigenvalue weighted by Crippen LogP contribution is 2.28. The van der Waals surface area contributed by atoms with E-state index in [9.17, 15) is 19.2 Å².